The summed E-state index contributed by atoms with van der Waals surface area (Å²) < 4.78 is 36.5. The molecule has 4 aromatic rings. The van der Waals surface area contributed by atoms with E-state index in [-0.39, 0.29) is 29.3 Å². The first-order valence-electron chi connectivity index (χ1n) is 13.2. The fraction of sp³-hybridized carbons (Fsp3) is 0.379. The Morgan fingerprint density at radius 1 is 1.15 bits per heavy atom. The minimum atomic E-state index is -0.612. The number of likely N-dealkylation sites (tertiary alicyclic amines) is 1. The Hall–Kier alpha value is -3.94. The molecule has 2 aliphatic rings. The molecule has 0 unspecified atom stereocenters. The van der Waals surface area contributed by atoms with Crippen LogP contribution in [-0.4, -0.2) is 71.8 Å². The first kappa shape index (κ1) is 25.3. The molecule has 4 heterocycles. The lowest BCUT2D eigenvalue weighted by Gasteiger charge is -2.34. The van der Waals surface area contributed by atoms with Gasteiger partial charge in [-0.15, -0.1) is 0 Å². The van der Waals surface area contributed by atoms with Gasteiger partial charge in [0.15, 0.2) is 5.82 Å². The minimum Gasteiger partial charge on any atom is -0.462 e. The number of anilines is 1. The van der Waals surface area contributed by atoms with Gasteiger partial charge in [-0.3, -0.25) is 4.98 Å². The lowest BCUT2D eigenvalue weighted by Crippen LogP contribution is -2.51. The molecule has 2 fully saturated rings. The Labute approximate surface area is 225 Å². The molecule has 2 aromatic carbocycles. The van der Waals surface area contributed by atoms with E-state index in [4.69, 9.17) is 9.72 Å². The number of hydrogen-bond donors (Lipinski definition) is 1. The summed E-state index contributed by atoms with van der Waals surface area (Å²) in [6.45, 7) is 3.24. The lowest BCUT2D eigenvalue weighted by atomic mass is 10.0. The molecule has 39 heavy (non-hydrogen) atoms. The van der Waals surface area contributed by atoms with Crippen molar-refractivity contribution in [3.8, 4) is 23.3 Å². The maximum absolute atomic E-state index is 16.3. The highest BCUT2D eigenvalue weighted by molar-refractivity contribution is 5.99. The number of pyridine rings is 1. The molecule has 8 nitrogen and oxygen atoms in total. The molecule has 0 bridgehead atoms. The zero-order valence-corrected chi connectivity index (χ0v) is 21.7. The van der Waals surface area contributed by atoms with E-state index in [1.165, 1.54) is 12.1 Å². The Morgan fingerprint density at radius 3 is 2.87 bits per heavy atom. The van der Waals surface area contributed by atoms with Gasteiger partial charge in [0.25, 0.3) is 0 Å². The Bertz CT molecular complexity index is 1570. The molecule has 2 aromatic heterocycles. The van der Waals surface area contributed by atoms with Crippen molar-refractivity contribution in [3.63, 3.8) is 0 Å². The summed E-state index contributed by atoms with van der Waals surface area (Å²) in [7, 11) is 2.06. The number of fused-ring (bicyclic) bond motifs is 2. The summed E-state index contributed by atoms with van der Waals surface area (Å²) in [6.07, 6.45) is 4.05. The molecule has 2 aliphatic heterocycles. The topological polar surface area (TPSA) is 90.2 Å². The minimum absolute atomic E-state index is 0.0343. The number of likely N-dealkylation sites (N-methyl/N-ethyl adjacent to an activating group) is 1. The average molecular weight is 530 g/mol. The first-order chi connectivity index (χ1) is 19.0. The van der Waals surface area contributed by atoms with E-state index < -0.39 is 11.6 Å². The largest absolute Gasteiger partial charge is 0.462 e. The maximum atomic E-state index is 16.3. The summed E-state index contributed by atoms with van der Waals surface area (Å²) in [6, 6.07) is 12.4. The Kier molecular flexibility index (Phi) is 6.94. The summed E-state index contributed by atoms with van der Waals surface area (Å²) in [5, 5.41) is 14.4. The van der Waals surface area contributed by atoms with E-state index >= 15 is 4.39 Å². The van der Waals surface area contributed by atoms with Gasteiger partial charge in [-0.05, 0) is 49.3 Å². The second kappa shape index (κ2) is 10.7. The number of hydrogen-bond acceptors (Lipinski definition) is 8. The molecule has 0 radical (unpaired) electrons. The van der Waals surface area contributed by atoms with Crippen LogP contribution in [0.25, 0.3) is 32.9 Å². The molecule has 200 valence electrons. The van der Waals surface area contributed by atoms with Crippen molar-refractivity contribution in [1.82, 2.24) is 25.2 Å². The Morgan fingerprint density at radius 2 is 2.05 bits per heavy atom. The second-order valence-electron chi connectivity index (χ2n) is 10.2. The predicted octanol–water partition coefficient (Wildman–Crippen LogP) is 4.29. The van der Waals surface area contributed by atoms with Crippen molar-refractivity contribution in [2.45, 2.75) is 31.3 Å². The third kappa shape index (κ3) is 4.95. The van der Waals surface area contributed by atoms with Crippen molar-refractivity contribution in [3.05, 3.63) is 54.2 Å². The van der Waals surface area contributed by atoms with Gasteiger partial charge >= 0.3 is 6.01 Å². The molecule has 2 saturated heterocycles. The highest BCUT2D eigenvalue weighted by atomic mass is 19.1. The van der Waals surface area contributed by atoms with Gasteiger partial charge in [0, 0.05) is 43.5 Å². The van der Waals surface area contributed by atoms with E-state index in [1.54, 1.807) is 24.4 Å². The van der Waals surface area contributed by atoms with Crippen LogP contribution < -0.4 is 15.0 Å². The first-order valence-corrected chi connectivity index (χ1v) is 13.2. The van der Waals surface area contributed by atoms with Crippen molar-refractivity contribution in [2.24, 2.45) is 0 Å². The van der Waals surface area contributed by atoms with E-state index in [0.29, 0.717) is 54.8 Å². The van der Waals surface area contributed by atoms with E-state index in [2.05, 4.69) is 33.3 Å². The van der Waals surface area contributed by atoms with Crippen LogP contribution in [0.5, 0.6) is 6.01 Å². The van der Waals surface area contributed by atoms with Crippen molar-refractivity contribution < 1.29 is 13.5 Å². The van der Waals surface area contributed by atoms with Gasteiger partial charge in [-0.25, -0.2) is 8.78 Å². The van der Waals surface area contributed by atoms with Crippen LogP contribution in [0.1, 0.15) is 19.3 Å². The van der Waals surface area contributed by atoms with Crippen LogP contribution in [0.15, 0.2) is 42.6 Å². The molecule has 1 N–H and O–H groups in total. The van der Waals surface area contributed by atoms with E-state index in [0.717, 1.165) is 24.8 Å². The van der Waals surface area contributed by atoms with Crippen LogP contribution in [0.4, 0.5) is 14.6 Å². The van der Waals surface area contributed by atoms with Crippen LogP contribution >= 0.6 is 0 Å². The molecular formula is C29H29F2N7O. The third-order valence-electron chi connectivity index (χ3n) is 7.71. The number of rotatable bonds is 6. The molecular weight excluding hydrogens is 500 g/mol. The van der Waals surface area contributed by atoms with Crippen LogP contribution in [-0.2, 0) is 0 Å². The number of ether oxygens (including phenoxy) is 1. The normalized spacial score (nSPS) is 20.0. The maximum Gasteiger partial charge on any atom is 0.319 e. The predicted molar refractivity (Wildman–Crippen MR) is 146 cm³/mol. The lowest BCUT2D eigenvalue weighted by molar-refractivity contribution is 0.188. The van der Waals surface area contributed by atoms with E-state index in [1.807, 2.05) is 11.0 Å². The average Bonchev–Trinajstić information content (AvgIpc) is 3.36. The highest BCUT2D eigenvalue weighted by Gasteiger charge is 2.27. The summed E-state index contributed by atoms with van der Waals surface area (Å²) >= 11 is 0. The Balaban J connectivity index is 1.46. The number of nitrogens with one attached hydrogen (secondary N) is 1. The van der Waals surface area contributed by atoms with Crippen molar-refractivity contribution in [1.29, 1.82) is 5.26 Å². The molecule has 0 saturated carbocycles. The monoisotopic (exact) mass is 529 g/mol. The fourth-order valence-electron chi connectivity index (χ4n) is 5.59. The standard InChI is InChI=1S/C29H29F2N7O/c1-37-12-3-5-21(37)17-39-29-35-27-24(28(36-29)38-13-11-33-20(16-38)9-10-32)15-34-26(25(27)31)22-6-2-4-18-7-8-19(30)14-23(18)22/h2,4,6-8,14-15,20-21,33H,3,5,9,11-13,16-17H2,1H3/t20-,21-/m0/s1. The van der Waals surface area contributed by atoms with Crippen LogP contribution in [0, 0.1) is 23.0 Å². The third-order valence-corrected chi connectivity index (χ3v) is 7.71. The summed E-state index contributed by atoms with van der Waals surface area (Å²) in [5.74, 6) is -0.487. The molecule has 6 rings (SSSR count). The second-order valence-corrected chi connectivity index (χ2v) is 10.2. The van der Waals surface area contributed by atoms with Crippen LogP contribution in [0.3, 0.4) is 0 Å². The molecule has 0 aliphatic carbocycles. The quantitative estimate of drug-likeness (QED) is 0.396. The fourth-order valence-corrected chi connectivity index (χ4v) is 5.59. The van der Waals surface area contributed by atoms with E-state index in [9.17, 15) is 9.65 Å². The number of aromatic nitrogens is 3. The van der Waals surface area contributed by atoms with Crippen LogP contribution in [0.2, 0.25) is 0 Å². The highest BCUT2D eigenvalue weighted by Crippen LogP contribution is 2.35. The van der Waals surface area contributed by atoms with Gasteiger partial charge in [0.1, 0.15) is 29.5 Å². The summed E-state index contributed by atoms with van der Waals surface area (Å²) in [4.78, 5) is 18.0. The van der Waals surface area contributed by atoms with Gasteiger partial charge in [-0.2, -0.15) is 15.2 Å². The number of piperazine rings is 1. The van der Waals surface area contributed by atoms with Crippen molar-refractivity contribution >= 4 is 27.5 Å². The SMILES string of the molecule is CN1CCC[C@H]1COc1nc(N2CCN[C@@H](CC#N)C2)c2cnc(-c3cccc4ccc(F)cc34)c(F)c2n1. The van der Waals surface area contributed by atoms with Gasteiger partial charge < -0.3 is 19.9 Å². The molecule has 2 atom stereocenters. The zero-order chi connectivity index (χ0) is 26.9. The molecule has 0 amide bonds. The van der Waals surface area contributed by atoms with Gasteiger partial charge in [0.05, 0.1) is 17.9 Å². The van der Waals surface area contributed by atoms with Crippen molar-refractivity contribution in [2.75, 3.05) is 44.7 Å². The smallest absolute Gasteiger partial charge is 0.319 e. The molecule has 0 spiro atoms. The van der Waals surface area contributed by atoms with Gasteiger partial charge in [0.2, 0.25) is 0 Å². The number of benzene rings is 2. The summed E-state index contributed by atoms with van der Waals surface area (Å²) in [5.41, 5.74) is 0.675. The van der Waals surface area contributed by atoms with Gasteiger partial charge in [-0.1, -0.05) is 24.3 Å². The number of halogens is 2. The number of nitrogens with zero attached hydrogens (tertiary/aromatic N) is 6. The molecule has 10 heteroatoms. The zero-order valence-electron chi connectivity index (χ0n) is 21.7. The number of nitriles is 1.